The first kappa shape index (κ1) is 6.48. The van der Waals surface area contributed by atoms with Gasteiger partial charge in [-0.1, -0.05) is 0 Å². The Kier molecular flexibility index (Phi) is 1.20. The molecular formula is C5H8FNO2. The van der Waals surface area contributed by atoms with Crippen LogP contribution in [-0.4, -0.2) is 22.8 Å². The van der Waals surface area contributed by atoms with Gasteiger partial charge in [-0.3, -0.25) is 4.79 Å². The molecule has 0 amide bonds. The fourth-order valence-electron chi connectivity index (χ4n) is 0.805. The molecule has 52 valence electrons. The van der Waals surface area contributed by atoms with Crippen LogP contribution in [0.5, 0.6) is 0 Å². The van der Waals surface area contributed by atoms with Crippen LogP contribution in [0.2, 0.25) is 0 Å². The van der Waals surface area contributed by atoms with E-state index in [2.05, 4.69) is 0 Å². The molecule has 3 nitrogen and oxygen atoms in total. The third kappa shape index (κ3) is 0.702. The van der Waals surface area contributed by atoms with Gasteiger partial charge in [0.15, 0.2) is 0 Å². The SMILES string of the molecule is N[C@]1(C(=O)O)CC[C@@H]1[18F]. The zero-order chi connectivity index (χ0) is 7.07. The zero-order valence-corrected chi connectivity index (χ0v) is 4.80. The van der Waals surface area contributed by atoms with Crippen molar-refractivity contribution in [3.8, 4) is 0 Å². The first-order valence-corrected chi connectivity index (χ1v) is 2.74. The Balaban J connectivity index is 2.64. The lowest BCUT2D eigenvalue weighted by molar-refractivity contribution is -0.151. The topological polar surface area (TPSA) is 63.3 Å². The fourth-order valence-corrected chi connectivity index (χ4v) is 0.805. The van der Waals surface area contributed by atoms with E-state index in [9.17, 15) is 9.18 Å². The summed E-state index contributed by atoms with van der Waals surface area (Å²) in [5.74, 6) is -1.23. The summed E-state index contributed by atoms with van der Waals surface area (Å²) in [4.78, 5) is 10.1. The van der Waals surface area contributed by atoms with E-state index in [1.807, 2.05) is 0 Å². The minimum atomic E-state index is -1.57. The molecule has 3 N–H and O–H groups in total. The number of nitrogens with two attached hydrogens (primary N) is 1. The van der Waals surface area contributed by atoms with Crippen LogP contribution in [0.15, 0.2) is 0 Å². The second-order valence-corrected chi connectivity index (χ2v) is 2.35. The Labute approximate surface area is 51.7 Å². The lowest BCUT2D eigenvalue weighted by Crippen LogP contribution is -2.62. The lowest BCUT2D eigenvalue weighted by atomic mass is 9.75. The smallest absolute Gasteiger partial charge is 0.326 e. The van der Waals surface area contributed by atoms with Crippen LogP contribution in [0.3, 0.4) is 0 Å². The van der Waals surface area contributed by atoms with Crippen LogP contribution < -0.4 is 5.73 Å². The number of aliphatic carboxylic acids is 1. The molecule has 2 atom stereocenters. The molecule has 0 aromatic rings. The predicted octanol–water partition coefficient (Wildman–Crippen LogP) is -0.0996. The molecule has 1 aliphatic carbocycles. The Morgan fingerprint density at radius 2 is 2.44 bits per heavy atom. The van der Waals surface area contributed by atoms with Gasteiger partial charge in [0.2, 0.25) is 0 Å². The van der Waals surface area contributed by atoms with Crippen LogP contribution in [0.4, 0.5) is 4.39 Å². The molecule has 0 saturated heterocycles. The third-order valence-corrected chi connectivity index (χ3v) is 1.77. The van der Waals surface area contributed by atoms with Gasteiger partial charge in [0, 0.05) is 0 Å². The van der Waals surface area contributed by atoms with E-state index in [1.165, 1.54) is 0 Å². The van der Waals surface area contributed by atoms with E-state index < -0.39 is 17.7 Å². The van der Waals surface area contributed by atoms with Gasteiger partial charge in [-0.2, -0.15) is 0 Å². The van der Waals surface area contributed by atoms with E-state index in [4.69, 9.17) is 10.8 Å². The van der Waals surface area contributed by atoms with Crippen molar-refractivity contribution in [2.45, 2.75) is 24.6 Å². The largest absolute Gasteiger partial charge is 0.480 e. The van der Waals surface area contributed by atoms with Crippen LogP contribution in [0.25, 0.3) is 0 Å². The molecule has 0 bridgehead atoms. The van der Waals surface area contributed by atoms with Crippen molar-refractivity contribution in [1.29, 1.82) is 0 Å². The summed E-state index contributed by atoms with van der Waals surface area (Å²) in [5.41, 5.74) is 3.55. The van der Waals surface area contributed by atoms with Crippen LogP contribution in [0.1, 0.15) is 12.8 Å². The average Bonchev–Trinajstić information content (AvgIpc) is 1.82. The summed E-state index contributed by atoms with van der Waals surface area (Å²) in [6.07, 6.45) is -0.818. The quantitative estimate of drug-likeness (QED) is 0.523. The number of hydrogen-bond donors (Lipinski definition) is 2. The highest BCUT2D eigenvalue weighted by Gasteiger charge is 2.50. The second-order valence-electron chi connectivity index (χ2n) is 2.35. The van der Waals surface area contributed by atoms with Crippen molar-refractivity contribution < 1.29 is 14.3 Å². The number of alkyl halides is 1. The molecule has 1 aliphatic rings. The summed E-state index contributed by atoms with van der Waals surface area (Å²) in [7, 11) is 0. The van der Waals surface area contributed by atoms with E-state index in [-0.39, 0.29) is 12.8 Å². The monoisotopic (exact) mass is 132 g/mol. The molecule has 0 unspecified atom stereocenters. The van der Waals surface area contributed by atoms with Gasteiger partial charge >= 0.3 is 5.97 Å². The Morgan fingerprint density at radius 3 is 2.44 bits per heavy atom. The van der Waals surface area contributed by atoms with Crippen molar-refractivity contribution in [2.24, 2.45) is 5.73 Å². The molecule has 1 rings (SSSR count). The summed E-state index contributed by atoms with van der Waals surface area (Å²) >= 11 is 0. The summed E-state index contributed by atoms with van der Waals surface area (Å²) in [6.45, 7) is 0. The Hall–Kier alpha value is -0.640. The Morgan fingerprint density at radius 1 is 1.89 bits per heavy atom. The number of carboxylic acid groups (broad SMARTS) is 1. The molecule has 0 radical (unpaired) electrons. The molecule has 0 spiro atoms. The first-order chi connectivity index (χ1) is 4.07. The number of carboxylic acids is 1. The standard InChI is InChI=1S/C5H8FNO2/c6-3-1-2-5(3,7)4(8)9/h3H,1-2,7H2,(H,8,9)/t3-,5+/m0/s1/i6-1. The number of halogens is 1. The summed E-state index contributed by atoms with van der Waals surface area (Å²) < 4.78 is 12.3. The van der Waals surface area contributed by atoms with Gasteiger partial charge in [0.05, 0.1) is 0 Å². The molecule has 0 aliphatic heterocycles. The molecule has 4 heteroatoms. The van der Waals surface area contributed by atoms with Crippen LogP contribution >= 0.6 is 0 Å². The molecule has 9 heavy (non-hydrogen) atoms. The van der Waals surface area contributed by atoms with E-state index in [0.717, 1.165) is 0 Å². The maximum absolute atomic E-state index is 12.3. The lowest BCUT2D eigenvalue weighted by Gasteiger charge is -2.37. The molecular weight excluding hydrogens is 124 g/mol. The summed E-state index contributed by atoms with van der Waals surface area (Å²) in [6, 6.07) is 0. The minimum Gasteiger partial charge on any atom is -0.480 e. The second kappa shape index (κ2) is 1.67. The van der Waals surface area contributed by atoms with Crippen LogP contribution in [-0.2, 0) is 4.79 Å². The highest BCUT2D eigenvalue weighted by Crippen LogP contribution is 2.32. The number of carbonyl (C=O) groups is 1. The Bertz CT molecular complexity index is 150. The van der Waals surface area contributed by atoms with Crippen molar-refractivity contribution in [2.75, 3.05) is 0 Å². The molecule has 1 saturated carbocycles. The molecule has 1 fully saturated rings. The summed E-state index contributed by atoms with van der Waals surface area (Å²) in [5, 5.41) is 8.30. The zero-order valence-electron chi connectivity index (χ0n) is 4.80. The minimum absolute atomic E-state index is 0.253. The maximum atomic E-state index is 12.3. The van der Waals surface area contributed by atoms with E-state index in [0.29, 0.717) is 0 Å². The molecule has 0 aromatic heterocycles. The van der Waals surface area contributed by atoms with Gasteiger partial charge in [0.1, 0.15) is 11.7 Å². The van der Waals surface area contributed by atoms with Crippen molar-refractivity contribution in [1.82, 2.24) is 0 Å². The van der Waals surface area contributed by atoms with Gasteiger partial charge in [-0.15, -0.1) is 0 Å². The van der Waals surface area contributed by atoms with Gasteiger partial charge in [-0.05, 0) is 12.8 Å². The average molecular weight is 132 g/mol. The van der Waals surface area contributed by atoms with Crippen LogP contribution in [0, 0.1) is 0 Å². The molecule has 0 heterocycles. The van der Waals surface area contributed by atoms with Gasteiger partial charge in [0.25, 0.3) is 0 Å². The number of rotatable bonds is 1. The fraction of sp³-hybridized carbons (Fsp3) is 0.800. The number of hydrogen-bond acceptors (Lipinski definition) is 2. The van der Waals surface area contributed by atoms with Crippen molar-refractivity contribution >= 4 is 5.97 Å². The van der Waals surface area contributed by atoms with Crippen molar-refractivity contribution in [3.05, 3.63) is 0 Å². The van der Waals surface area contributed by atoms with Gasteiger partial charge < -0.3 is 10.8 Å². The normalized spacial score (nSPS) is 41.8. The highest BCUT2D eigenvalue weighted by atomic mass is 18.2. The van der Waals surface area contributed by atoms with E-state index in [1.54, 1.807) is 0 Å². The maximum Gasteiger partial charge on any atom is 0.326 e. The van der Waals surface area contributed by atoms with E-state index >= 15 is 0 Å². The van der Waals surface area contributed by atoms with Crippen molar-refractivity contribution in [3.63, 3.8) is 0 Å². The third-order valence-electron chi connectivity index (χ3n) is 1.77. The van der Waals surface area contributed by atoms with Gasteiger partial charge in [-0.25, -0.2) is 4.39 Å². The predicted molar refractivity (Wildman–Crippen MR) is 28.7 cm³/mol. The molecule has 0 aromatic carbocycles. The highest BCUT2D eigenvalue weighted by molar-refractivity contribution is 5.80. The first-order valence-electron chi connectivity index (χ1n) is 2.74.